The number of halogens is 1. The molecule has 31 heavy (non-hydrogen) atoms. The van der Waals surface area contributed by atoms with Crippen molar-refractivity contribution in [3.05, 3.63) is 51.3 Å². The summed E-state index contributed by atoms with van der Waals surface area (Å²) in [5, 5.41) is 14.0. The predicted octanol–water partition coefficient (Wildman–Crippen LogP) is 3.05. The lowest BCUT2D eigenvalue weighted by atomic mass is 10.1. The van der Waals surface area contributed by atoms with Gasteiger partial charge in [-0.05, 0) is 45.7 Å². The number of nitrogens with one attached hydrogen (secondary N) is 1. The first kappa shape index (κ1) is 21.1. The van der Waals surface area contributed by atoms with Gasteiger partial charge >= 0.3 is 0 Å². The molecule has 0 amide bonds. The molecule has 8 nitrogen and oxygen atoms in total. The number of nitrogens with zero attached hydrogens (tertiary/aromatic N) is 4. The third-order valence-electron chi connectivity index (χ3n) is 4.93. The van der Waals surface area contributed by atoms with E-state index in [1.807, 2.05) is 6.92 Å². The Kier molecular flexibility index (Phi) is 5.33. The first-order valence-electron chi connectivity index (χ1n) is 9.99. The third kappa shape index (κ3) is 4.33. The van der Waals surface area contributed by atoms with E-state index in [0.29, 0.717) is 33.1 Å². The van der Waals surface area contributed by atoms with Crippen LogP contribution in [0.4, 0.5) is 11.6 Å². The summed E-state index contributed by atoms with van der Waals surface area (Å²) in [5.41, 5.74) is 5.58. The zero-order valence-corrected chi connectivity index (χ0v) is 18.2. The van der Waals surface area contributed by atoms with Gasteiger partial charge in [0.05, 0.1) is 22.0 Å². The van der Waals surface area contributed by atoms with Crippen molar-refractivity contribution in [2.75, 3.05) is 11.1 Å². The fourth-order valence-corrected chi connectivity index (χ4v) is 3.58. The highest BCUT2D eigenvalue weighted by Gasteiger charge is 2.30. The van der Waals surface area contributed by atoms with E-state index in [4.69, 9.17) is 22.3 Å². The lowest BCUT2D eigenvalue weighted by molar-refractivity contribution is 0.143. The van der Waals surface area contributed by atoms with E-state index in [1.165, 1.54) is 6.33 Å². The van der Waals surface area contributed by atoms with Gasteiger partial charge in [-0.25, -0.2) is 15.0 Å². The normalized spacial score (nSPS) is 14.7. The van der Waals surface area contributed by atoms with Crippen molar-refractivity contribution in [1.82, 2.24) is 19.5 Å². The molecule has 1 saturated carbocycles. The van der Waals surface area contributed by atoms with Gasteiger partial charge in [-0.15, -0.1) is 0 Å². The second-order valence-electron chi connectivity index (χ2n) is 8.17. The van der Waals surface area contributed by atoms with Crippen LogP contribution in [0.1, 0.15) is 57.1 Å². The summed E-state index contributed by atoms with van der Waals surface area (Å²) in [6.07, 6.45) is 3.17. The summed E-state index contributed by atoms with van der Waals surface area (Å²) < 4.78 is 1.72. The third-order valence-corrected chi connectivity index (χ3v) is 5.24. The number of hydrogen-bond donors (Lipinski definition) is 3. The molecule has 2 aromatic heterocycles. The highest BCUT2D eigenvalue weighted by molar-refractivity contribution is 6.35. The second-order valence-corrected chi connectivity index (χ2v) is 8.58. The van der Waals surface area contributed by atoms with Crippen LogP contribution in [0.2, 0.25) is 5.02 Å². The topological polar surface area (TPSA) is 119 Å². The first-order valence-corrected chi connectivity index (χ1v) is 10.4. The van der Waals surface area contributed by atoms with Crippen molar-refractivity contribution in [3.63, 3.8) is 0 Å². The monoisotopic (exact) mass is 438 g/mol. The van der Waals surface area contributed by atoms with Gasteiger partial charge in [0.1, 0.15) is 35.0 Å². The number of nitrogens with two attached hydrogens (primary N) is 1. The molecule has 0 spiro atoms. The molecule has 0 bridgehead atoms. The molecule has 1 atom stereocenters. The lowest BCUT2D eigenvalue weighted by Crippen LogP contribution is -2.28. The van der Waals surface area contributed by atoms with Crippen LogP contribution in [0.25, 0.3) is 10.9 Å². The SMILES string of the molecule is CC(Nc1ncnc(N)c1C#CC(C)(C)O)c1nc2cccc(Cl)c2c(=O)n1C1CC1. The highest BCUT2D eigenvalue weighted by Crippen LogP contribution is 2.37. The van der Waals surface area contributed by atoms with Gasteiger partial charge in [-0.2, -0.15) is 0 Å². The Hall–Kier alpha value is -3.15. The van der Waals surface area contributed by atoms with Crippen LogP contribution in [-0.4, -0.2) is 30.2 Å². The van der Waals surface area contributed by atoms with Gasteiger partial charge in [-0.3, -0.25) is 9.36 Å². The quantitative estimate of drug-likeness (QED) is 0.535. The first-order chi connectivity index (χ1) is 14.7. The minimum absolute atomic E-state index is 0.102. The zero-order valence-electron chi connectivity index (χ0n) is 17.5. The number of benzene rings is 1. The Morgan fingerprint density at radius 1 is 1.35 bits per heavy atom. The molecule has 4 rings (SSSR count). The van der Waals surface area contributed by atoms with Crippen LogP contribution >= 0.6 is 11.6 Å². The average molecular weight is 439 g/mol. The summed E-state index contributed by atoms with van der Waals surface area (Å²) in [7, 11) is 0. The van der Waals surface area contributed by atoms with Crippen molar-refractivity contribution in [2.24, 2.45) is 0 Å². The van der Waals surface area contributed by atoms with E-state index in [0.717, 1.165) is 12.8 Å². The minimum atomic E-state index is -1.20. The predicted molar refractivity (Wildman–Crippen MR) is 121 cm³/mol. The maximum Gasteiger partial charge on any atom is 0.263 e. The molecular formula is C22H23ClN6O2. The van der Waals surface area contributed by atoms with Crippen LogP contribution in [0.5, 0.6) is 0 Å². The Labute approximate surface area is 184 Å². The molecule has 0 aliphatic heterocycles. The van der Waals surface area contributed by atoms with Crippen molar-refractivity contribution in [3.8, 4) is 11.8 Å². The molecule has 1 fully saturated rings. The van der Waals surface area contributed by atoms with Crippen LogP contribution in [0.3, 0.4) is 0 Å². The Morgan fingerprint density at radius 3 is 2.77 bits per heavy atom. The van der Waals surface area contributed by atoms with E-state index >= 15 is 0 Å². The van der Waals surface area contributed by atoms with Crippen molar-refractivity contribution < 1.29 is 5.11 Å². The molecule has 1 aliphatic carbocycles. The van der Waals surface area contributed by atoms with E-state index in [1.54, 1.807) is 36.6 Å². The fraction of sp³-hybridized carbons (Fsp3) is 0.364. The molecule has 1 unspecified atom stereocenters. The van der Waals surface area contributed by atoms with E-state index < -0.39 is 5.60 Å². The van der Waals surface area contributed by atoms with Gasteiger partial charge in [0.15, 0.2) is 0 Å². The van der Waals surface area contributed by atoms with Crippen LogP contribution in [0, 0.1) is 11.8 Å². The van der Waals surface area contributed by atoms with Gasteiger partial charge in [0.25, 0.3) is 5.56 Å². The van der Waals surface area contributed by atoms with Crippen LogP contribution in [0.15, 0.2) is 29.3 Å². The number of nitrogen functional groups attached to an aromatic ring is 1. The van der Waals surface area contributed by atoms with Crippen LogP contribution < -0.4 is 16.6 Å². The zero-order chi connectivity index (χ0) is 22.3. The van der Waals surface area contributed by atoms with E-state index in [2.05, 4.69) is 27.1 Å². The summed E-state index contributed by atoms with van der Waals surface area (Å²) >= 11 is 6.30. The average Bonchev–Trinajstić information content (AvgIpc) is 3.51. The molecule has 0 saturated heterocycles. The fourth-order valence-electron chi connectivity index (χ4n) is 3.33. The summed E-state index contributed by atoms with van der Waals surface area (Å²) in [4.78, 5) is 26.3. The number of aliphatic hydroxyl groups is 1. The largest absolute Gasteiger partial charge is 0.382 e. The van der Waals surface area contributed by atoms with Crippen molar-refractivity contribution in [2.45, 2.75) is 51.3 Å². The maximum atomic E-state index is 13.3. The molecule has 2 heterocycles. The second kappa shape index (κ2) is 7.84. The molecule has 9 heteroatoms. The van der Waals surface area contributed by atoms with Gasteiger partial charge in [0, 0.05) is 6.04 Å². The highest BCUT2D eigenvalue weighted by atomic mass is 35.5. The van der Waals surface area contributed by atoms with Gasteiger partial charge in [0.2, 0.25) is 0 Å². The Bertz CT molecular complexity index is 1280. The van der Waals surface area contributed by atoms with Crippen LogP contribution in [-0.2, 0) is 0 Å². The molecule has 1 aliphatic rings. The Balaban J connectivity index is 1.79. The van der Waals surface area contributed by atoms with Crippen molar-refractivity contribution in [1.29, 1.82) is 0 Å². The van der Waals surface area contributed by atoms with Gasteiger partial charge < -0.3 is 16.2 Å². The van der Waals surface area contributed by atoms with Crippen molar-refractivity contribution >= 4 is 34.1 Å². The smallest absolute Gasteiger partial charge is 0.263 e. The summed E-state index contributed by atoms with van der Waals surface area (Å²) in [6.45, 7) is 5.05. The molecule has 1 aromatic carbocycles. The molecule has 0 radical (unpaired) electrons. The summed E-state index contributed by atoms with van der Waals surface area (Å²) in [6, 6.07) is 4.97. The molecule has 3 aromatic rings. The standard InChI is InChI=1S/C22H23ClN6O2/c1-12(27-19-14(9-10-22(2,3)31)18(24)25-11-26-19)20-28-16-6-4-5-15(23)17(16)21(30)29(20)13-7-8-13/h4-6,11-13,31H,7-8H2,1-3H3,(H3,24,25,26,27). The van der Waals surface area contributed by atoms with E-state index in [-0.39, 0.29) is 23.5 Å². The number of anilines is 2. The number of aromatic nitrogens is 4. The number of hydrogen-bond acceptors (Lipinski definition) is 7. The summed E-state index contributed by atoms with van der Waals surface area (Å²) in [5.74, 6) is 6.77. The maximum absolute atomic E-state index is 13.3. The molecule has 4 N–H and O–H groups in total. The molecular weight excluding hydrogens is 416 g/mol. The number of fused-ring (bicyclic) bond motifs is 1. The van der Waals surface area contributed by atoms with E-state index in [9.17, 15) is 9.90 Å². The minimum Gasteiger partial charge on any atom is -0.382 e. The Morgan fingerprint density at radius 2 is 2.10 bits per heavy atom. The number of rotatable bonds is 4. The lowest BCUT2D eigenvalue weighted by Gasteiger charge is -2.20. The van der Waals surface area contributed by atoms with Gasteiger partial charge in [-0.1, -0.05) is 29.5 Å². The molecule has 160 valence electrons.